The number of esters is 1. The summed E-state index contributed by atoms with van der Waals surface area (Å²) in [6.45, 7) is -0.531. The van der Waals surface area contributed by atoms with Crippen LogP contribution in [0.2, 0.25) is 0 Å². The molecule has 1 aromatic carbocycles. The van der Waals surface area contributed by atoms with E-state index in [1.807, 2.05) is 0 Å². The first-order valence-corrected chi connectivity index (χ1v) is 7.20. The predicted octanol–water partition coefficient (Wildman–Crippen LogP) is 2.33. The molecule has 1 amide bonds. The van der Waals surface area contributed by atoms with Crippen molar-refractivity contribution in [3.05, 3.63) is 35.6 Å². The van der Waals surface area contributed by atoms with Gasteiger partial charge in [0.1, 0.15) is 11.4 Å². The second-order valence-electron chi connectivity index (χ2n) is 5.36. The van der Waals surface area contributed by atoms with Gasteiger partial charge in [0.15, 0.2) is 6.61 Å². The van der Waals surface area contributed by atoms with Gasteiger partial charge in [-0.15, -0.1) is 0 Å². The summed E-state index contributed by atoms with van der Waals surface area (Å²) in [6.07, 6.45) is 3.99. The summed E-state index contributed by atoms with van der Waals surface area (Å²) in [5, 5.41) is 11.9. The molecule has 1 aliphatic rings. The van der Waals surface area contributed by atoms with Gasteiger partial charge in [-0.05, 0) is 25.0 Å². The highest BCUT2D eigenvalue weighted by molar-refractivity contribution is 5.91. The number of nitriles is 1. The van der Waals surface area contributed by atoms with E-state index in [0.29, 0.717) is 12.8 Å². The van der Waals surface area contributed by atoms with Crippen LogP contribution in [0.5, 0.6) is 0 Å². The van der Waals surface area contributed by atoms with Gasteiger partial charge in [0, 0.05) is 0 Å². The van der Waals surface area contributed by atoms with Gasteiger partial charge in [-0.2, -0.15) is 5.26 Å². The second-order valence-corrected chi connectivity index (χ2v) is 5.36. The summed E-state index contributed by atoms with van der Waals surface area (Å²) in [5.74, 6) is -2.15. The van der Waals surface area contributed by atoms with Gasteiger partial charge < -0.3 is 10.1 Å². The van der Waals surface area contributed by atoms with Crippen LogP contribution in [0.1, 0.15) is 42.5 Å². The van der Waals surface area contributed by atoms with Crippen molar-refractivity contribution in [1.82, 2.24) is 5.32 Å². The highest BCUT2D eigenvalue weighted by atomic mass is 19.1. The summed E-state index contributed by atoms with van der Waals surface area (Å²) in [6, 6.07) is 7.54. The molecular formula is C16H17FN2O3. The maximum absolute atomic E-state index is 13.4. The molecule has 1 fully saturated rings. The Kier molecular flexibility index (Phi) is 5.10. The SMILES string of the molecule is N#CC1(NC(=O)COC(=O)c2ccccc2F)CCCCC1. The summed E-state index contributed by atoms with van der Waals surface area (Å²) in [4.78, 5) is 23.6. The van der Waals surface area contributed by atoms with Crippen LogP contribution in [0.3, 0.4) is 0 Å². The highest BCUT2D eigenvalue weighted by Gasteiger charge is 2.33. The lowest BCUT2D eigenvalue weighted by Crippen LogP contribution is -2.50. The molecule has 6 heteroatoms. The largest absolute Gasteiger partial charge is 0.452 e. The standard InChI is InChI=1S/C16H17FN2O3/c17-13-7-3-2-6-12(13)15(21)22-10-14(20)19-16(11-18)8-4-1-5-9-16/h2-3,6-7H,1,4-5,8-10H2,(H,19,20). The van der Waals surface area contributed by atoms with Gasteiger partial charge in [-0.3, -0.25) is 4.79 Å². The molecule has 1 saturated carbocycles. The van der Waals surface area contributed by atoms with Crippen molar-refractivity contribution < 1.29 is 18.7 Å². The molecule has 0 spiro atoms. The normalized spacial score (nSPS) is 16.4. The Hall–Kier alpha value is -2.42. The van der Waals surface area contributed by atoms with Gasteiger partial charge in [-0.25, -0.2) is 9.18 Å². The van der Waals surface area contributed by atoms with Gasteiger partial charge in [0.05, 0.1) is 11.6 Å². The first-order valence-electron chi connectivity index (χ1n) is 7.20. The van der Waals surface area contributed by atoms with Crippen LogP contribution in [0.15, 0.2) is 24.3 Å². The van der Waals surface area contributed by atoms with E-state index >= 15 is 0 Å². The third kappa shape index (κ3) is 3.82. The number of ether oxygens (including phenoxy) is 1. The minimum Gasteiger partial charge on any atom is -0.452 e. The summed E-state index contributed by atoms with van der Waals surface area (Å²) in [7, 11) is 0. The van der Waals surface area contributed by atoms with E-state index in [0.717, 1.165) is 25.3 Å². The lowest BCUT2D eigenvalue weighted by Gasteiger charge is -2.31. The highest BCUT2D eigenvalue weighted by Crippen LogP contribution is 2.27. The predicted molar refractivity (Wildman–Crippen MR) is 76.3 cm³/mol. The van der Waals surface area contributed by atoms with Crippen LogP contribution in [0.4, 0.5) is 4.39 Å². The van der Waals surface area contributed by atoms with Crippen LogP contribution >= 0.6 is 0 Å². The average molecular weight is 304 g/mol. The van der Waals surface area contributed by atoms with Crippen molar-refractivity contribution in [2.24, 2.45) is 0 Å². The molecule has 0 atom stereocenters. The Balaban J connectivity index is 1.89. The Morgan fingerprint density at radius 3 is 2.59 bits per heavy atom. The lowest BCUT2D eigenvalue weighted by atomic mass is 9.83. The quantitative estimate of drug-likeness (QED) is 0.866. The van der Waals surface area contributed by atoms with Crippen LogP contribution in [-0.4, -0.2) is 24.0 Å². The average Bonchev–Trinajstić information content (AvgIpc) is 2.54. The third-order valence-electron chi connectivity index (χ3n) is 3.73. The number of carbonyl (C=O) groups excluding carboxylic acids is 2. The van der Waals surface area contributed by atoms with Crippen LogP contribution in [0.25, 0.3) is 0 Å². The minimum absolute atomic E-state index is 0.219. The smallest absolute Gasteiger partial charge is 0.341 e. The summed E-state index contributed by atoms with van der Waals surface area (Å²) < 4.78 is 18.2. The van der Waals surface area contributed by atoms with Gasteiger partial charge >= 0.3 is 5.97 Å². The maximum atomic E-state index is 13.4. The number of nitrogens with zero attached hydrogens (tertiary/aromatic N) is 1. The van der Waals surface area contributed by atoms with E-state index in [-0.39, 0.29) is 5.56 Å². The molecule has 1 N–H and O–H groups in total. The number of nitrogens with one attached hydrogen (secondary N) is 1. The second kappa shape index (κ2) is 7.03. The molecule has 0 radical (unpaired) electrons. The summed E-state index contributed by atoms with van der Waals surface area (Å²) >= 11 is 0. The molecule has 0 saturated heterocycles. The van der Waals surface area contributed by atoms with Crippen molar-refractivity contribution in [2.45, 2.75) is 37.6 Å². The van der Waals surface area contributed by atoms with Crippen molar-refractivity contribution in [2.75, 3.05) is 6.61 Å². The first kappa shape index (κ1) is 16.0. The molecule has 0 heterocycles. The number of rotatable bonds is 4. The van der Waals surface area contributed by atoms with Crippen LogP contribution < -0.4 is 5.32 Å². The van der Waals surface area contributed by atoms with Crippen LogP contribution in [-0.2, 0) is 9.53 Å². The topological polar surface area (TPSA) is 79.2 Å². The van der Waals surface area contributed by atoms with Gasteiger partial charge in [-0.1, -0.05) is 31.4 Å². The molecule has 0 unspecified atom stereocenters. The molecular weight excluding hydrogens is 287 g/mol. The number of hydrogen-bond acceptors (Lipinski definition) is 4. The van der Waals surface area contributed by atoms with E-state index in [4.69, 9.17) is 4.74 Å². The zero-order chi connectivity index (χ0) is 16.0. The Morgan fingerprint density at radius 2 is 1.95 bits per heavy atom. The van der Waals surface area contributed by atoms with Gasteiger partial charge in [0.25, 0.3) is 5.91 Å². The molecule has 116 valence electrons. The summed E-state index contributed by atoms with van der Waals surface area (Å²) in [5.41, 5.74) is -1.09. The molecule has 2 rings (SSSR count). The molecule has 1 aromatic rings. The molecule has 0 bridgehead atoms. The van der Waals surface area contributed by atoms with E-state index < -0.39 is 29.8 Å². The van der Waals surface area contributed by atoms with E-state index in [1.165, 1.54) is 18.2 Å². The molecule has 0 aliphatic heterocycles. The Bertz CT molecular complexity index is 604. The number of carbonyl (C=O) groups is 2. The minimum atomic E-state index is -0.900. The fourth-order valence-corrected chi connectivity index (χ4v) is 2.56. The number of benzene rings is 1. The first-order chi connectivity index (χ1) is 10.6. The number of amides is 1. The van der Waals surface area contributed by atoms with Crippen molar-refractivity contribution in [3.63, 3.8) is 0 Å². The van der Waals surface area contributed by atoms with Crippen molar-refractivity contribution in [3.8, 4) is 6.07 Å². The Labute approximate surface area is 128 Å². The maximum Gasteiger partial charge on any atom is 0.341 e. The van der Waals surface area contributed by atoms with E-state index in [1.54, 1.807) is 0 Å². The van der Waals surface area contributed by atoms with E-state index in [2.05, 4.69) is 11.4 Å². The van der Waals surface area contributed by atoms with E-state index in [9.17, 15) is 19.2 Å². The van der Waals surface area contributed by atoms with Crippen molar-refractivity contribution >= 4 is 11.9 Å². The zero-order valence-corrected chi connectivity index (χ0v) is 12.1. The molecule has 0 aromatic heterocycles. The number of hydrogen-bond donors (Lipinski definition) is 1. The monoisotopic (exact) mass is 304 g/mol. The zero-order valence-electron chi connectivity index (χ0n) is 12.1. The fraction of sp³-hybridized carbons (Fsp3) is 0.438. The number of halogens is 1. The third-order valence-corrected chi connectivity index (χ3v) is 3.73. The van der Waals surface area contributed by atoms with Crippen molar-refractivity contribution in [1.29, 1.82) is 5.26 Å². The molecule has 1 aliphatic carbocycles. The Morgan fingerprint density at radius 1 is 1.27 bits per heavy atom. The lowest BCUT2D eigenvalue weighted by molar-refractivity contribution is -0.125. The molecule has 5 nitrogen and oxygen atoms in total. The fourth-order valence-electron chi connectivity index (χ4n) is 2.56. The molecule has 22 heavy (non-hydrogen) atoms. The van der Waals surface area contributed by atoms with Gasteiger partial charge in [0.2, 0.25) is 0 Å². The van der Waals surface area contributed by atoms with Crippen LogP contribution in [0, 0.1) is 17.1 Å².